The zero-order chi connectivity index (χ0) is 30.4. The van der Waals surface area contributed by atoms with Crippen LogP contribution in [-0.4, -0.2) is 49.6 Å². The van der Waals surface area contributed by atoms with E-state index in [-0.39, 0.29) is 28.6 Å². The van der Waals surface area contributed by atoms with E-state index in [0.717, 1.165) is 29.1 Å². The number of alkyl halides is 3. The molecule has 5 rings (SSSR count). The van der Waals surface area contributed by atoms with Gasteiger partial charge in [0.05, 0.1) is 40.8 Å². The van der Waals surface area contributed by atoms with Crippen molar-refractivity contribution < 1.29 is 32.3 Å². The number of rotatable bonds is 6. The molecule has 1 saturated heterocycles. The summed E-state index contributed by atoms with van der Waals surface area (Å²) in [5, 5.41) is 7.34. The van der Waals surface area contributed by atoms with E-state index in [9.17, 15) is 27.6 Å². The van der Waals surface area contributed by atoms with Crippen LogP contribution in [0.15, 0.2) is 47.5 Å². The van der Waals surface area contributed by atoms with Gasteiger partial charge in [-0.1, -0.05) is 23.7 Å². The van der Waals surface area contributed by atoms with Crippen LogP contribution in [0.4, 0.5) is 22.8 Å². The highest BCUT2D eigenvalue weighted by atomic mass is 35.5. The second-order valence-electron chi connectivity index (χ2n) is 11.4. The van der Waals surface area contributed by atoms with Crippen molar-refractivity contribution in [2.75, 3.05) is 6.54 Å². The molecule has 0 radical (unpaired) electrons. The minimum absolute atomic E-state index is 0.00684. The third-order valence-electron chi connectivity index (χ3n) is 7.07. The van der Waals surface area contributed by atoms with Crippen LogP contribution in [0.3, 0.4) is 0 Å². The van der Waals surface area contributed by atoms with Gasteiger partial charge in [-0.25, -0.2) is 4.79 Å². The summed E-state index contributed by atoms with van der Waals surface area (Å²) in [5.41, 5.74) is -0.980. The van der Waals surface area contributed by atoms with E-state index in [4.69, 9.17) is 16.3 Å². The molecule has 1 N–H and O–H groups in total. The van der Waals surface area contributed by atoms with Gasteiger partial charge < -0.3 is 10.1 Å². The van der Waals surface area contributed by atoms with Gasteiger partial charge in [-0.05, 0) is 93.3 Å². The lowest BCUT2D eigenvalue weighted by Gasteiger charge is -2.44. The molecule has 0 bridgehead atoms. The number of imide groups is 1. The predicted octanol–water partition coefficient (Wildman–Crippen LogP) is 7.24. The normalized spacial score (nSPS) is 18.1. The Balaban J connectivity index is 1.32. The van der Waals surface area contributed by atoms with Crippen molar-refractivity contribution in [2.24, 2.45) is 0 Å². The van der Waals surface area contributed by atoms with Crippen molar-refractivity contribution in [1.82, 2.24) is 20.0 Å². The van der Waals surface area contributed by atoms with E-state index in [1.165, 1.54) is 23.0 Å². The molecule has 0 spiro atoms. The second-order valence-corrected chi connectivity index (χ2v) is 12.9. The summed E-state index contributed by atoms with van der Waals surface area (Å²) in [5.74, 6) is -0.458. The van der Waals surface area contributed by atoms with Crippen LogP contribution in [0.1, 0.15) is 56.7 Å². The molecule has 222 valence electrons. The Morgan fingerprint density at radius 2 is 1.90 bits per heavy atom. The molecule has 2 aliphatic rings. The van der Waals surface area contributed by atoms with Crippen LogP contribution in [0, 0.1) is 0 Å². The van der Waals surface area contributed by atoms with Gasteiger partial charge in [-0.15, -0.1) is 0 Å². The van der Waals surface area contributed by atoms with E-state index in [1.807, 2.05) is 0 Å². The van der Waals surface area contributed by atoms with Crippen LogP contribution < -0.4 is 5.32 Å². The van der Waals surface area contributed by atoms with Crippen LogP contribution in [-0.2, 0) is 22.3 Å². The molecule has 1 aliphatic heterocycles. The van der Waals surface area contributed by atoms with Gasteiger partial charge in [0.2, 0.25) is 0 Å². The molecule has 8 nitrogen and oxygen atoms in total. The quantitative estimate of drug-likeness (QED) is 0.292. The van der Waals surface area contributed by atoms with Crippen molar-refractivity contribution in [3.8, 4) is 0 Å². The molecular formula is C29H28ClF3N4O4S. The average molecular weight is 621 g/mol. The van der Waals surface area contributed by atoms with Gasteiger partial charge in [-0.2, -0.15) is 18.3 Å². The number of halogens is 4. The fourth-order valence-electron chi connectivity index (χ4n) is 4.97. The van der Waals surface area contributed by atoms with E-state index in [1.54, 1.807) is 45.0 Å². The maximum Gasteiger partial charge on any atom is 0.416 e. The number of nitrogens with one attached hydrogen (secondary N) is 1. The minimum atomic E-state index is -4.57. The van der Waals surface area contributed by atoms with Gasteiger partial charge >= 0.3 is 12.3 Å². The van der Waals surface area contributed by atoms with Gasteiger partial charge in [0.1, 0.15) is 5.60 Å². The Labute approximate surface area is 249 Å². The number of hydrogen-bond acceptors (Lipinski definition) is 6. The first-order valence-corrected chi connectivity index (χ1v) is 14.4. The lowest BCUT2D eigenvalue weighted by molar-refractivity contribution is -0.138. The second kappa shape index (κ2) is 11.0. The highest BCUT2D eigenvalue weighted by molar-refractivity contribution is 8.18. The number of nitrogens with zero attached hydrogens (tertiary/aromatic N) is 3. The molecule has 1 aromatic heterocycles. The van der Waals surface area contributed by atoms with E-state index in [2.05, 4.69) is 10.4 Å². The number of carbonyl (C=O) groups excluding carboxylic acids is 3. The van der Waals surface area contributed by atoms with E-state index < -0.39 is 40.1 Å². The number of thioether (sulfide) groups is 1. The molecule has 1 aliphatic carbocycles. The molecule has 13 heteroatoms. The first-order chi connectivity index (χ1) is 19.6. The Morgan fingerprint density at radius 1 is 1.17 bits per heavy atom. The van der Waals surface area contributed by atoms with Crippen molar-refractivity contribution >= 4 is 57.6 Å². The molecule has 2 aromatic carbocycles. The number of fused-ring (bicyclic) bond motifs is 1. The number of hydrogen-bond donors (Lipinski definition) is 1. The van der Waals surface area contributed by atoms with Crippen LogP contribution in [0.2, 0.25) is 5.02 Å². The Bertz CT molecular complexity index is 1610. The number of amides is 3. The minimum Gasteiger partial charge on any atom is -0.444 e. The molecule has 3 aromatic rings. The number of benzene rings is 2. The number of aromatic nitrogens is 2. The summed E-state index contributed by atoms with van der Waals surface area (Å²) in [6, 6.07) is 8.79. The Hall–Kier alpha value is -3.51. The number of carbonyl (C=O) groups is 3. The standard InChI is InChI=1S/C29H28ClF3N4O4S/c1-27(2,3)41-25(39)35-28(9-4-10-28)16-36-24(38)23(42-26(36)40)12-17-5-8-22-19(11-17)14-34-37(22)15-18-6-7-20(30)13-21(18)29(31,32)33/h5-8,11-14H,4,9-10,15-16H2,1-3H3,(H,35,39). The van der Waals surface area contributed by atoms with Gasteiger partial charge in [-0.3, -0.25) is 19.2 Å². The van der Waals surface area contributed by atoms with Crippen molar-refractivity contribution in [2.45, 2.75) is 63.9 Å². The molecule has 0 unspecified atom stereocenters. The van der Waals surface area contributed by atoms with E-state index >= 15 is 0 Å². The van der Waals surface area contributed by atoms with Crippen LogP contribution in [0.5, 0.6) is 0 Å². The van der Waals surface area contributed by atoms with Crippen molar-refractivity contribution in [1.29, 1.82) is 0 Å². The fraction of sp³-hybridized carbons (Fsp3) is 0.379. The summed E-state index contributed by atoms with van der Waals surface area (Å²) >= 11 is 6.61. The summed E-state index contributed by atoms with van der Waals surface area (Å²) < 4.78 is 47.5. The molecule has 2 fully saturated rings. The Morgan fingerprint density at radius 3 is 2.55 bits per heavy atom. The lowest BCUT2D eigenvalue weighted by Crippen LogP contribution is -2.61. The summed E-state index contributed by atoms with van der Waals surface area (Å²) in [6.45, 7) is 5.20. The van der Waals surface area contributed by atoms with Crippen LogP contribution in [0.25, 0.3) is 17.0 Å². The lowest BCUT2D eigenvalue weighted by atomic mass is 9.76. The summed E-state index contributed by atoms with van der Waals surface area (Å²) in [6.07, 6.45) is 0.0580. The molecule has 2 heterocycles. The number of alkyl carbamates (subject to hydrolysis) is 1. The van der Waals surface area contributed by atoms with E-state index in [0.29, 0.717) is 29.3 Å². The molecular weight excluding hydrogens is 593 g/mol. The Kier molecular flexibility index (Phi) is 7.82. The average Bonchev–Trinajstić information content (AvgIpc) is 3.36. The zero-order valence-electron chi connectivity index (χ0n) is 23.0. The zero-order valence-corrected chi connectivity index (χ0v) is 24.6. The topological polar surface area (TPSA) is 93.5 Å². The first-order valence-electron chi connectivity index (χ1n) is 13.2. The third kappa shape index (κ3) is 6.44. The SMILES string of the molecule is CC(C)(C)OC(=O)NC1(CN2C(=O)SC(=Cc3ccc4c(cnn4Cc4ccc(Cl)cc4C(F)(F)F)c3)C2=O)CCC1. The van der Waals surface area contributed by atoms with Gasteiger partial charge in [0.15, 0.2) is 0 Å². The van der Waals surface area contributed by atoms with Gasteiger partial charge in [0.25, 0.3) is 11.1 Å². The molecule has 0 atom stereocenters. The molecule has 1 saturated carbocycles. The number of ether oxygens (including phenoxy) is 1. The summed E-state index contributed by atoms with van der Waals surface area (Å²) in [4.78, 5) is 39.8. The van der Waals surface area contributed by atoms with Crippen molar-refractivity contribution in [3.05, 3.63) is 69.2 Å². The maximum atomic E-state index is 13.6. The highest BCUT2D eigenvalue weighted by Crippen LogP contribution is 2.39. The third-order valence-corrected chi connectivity index (χ3v) is 8.21. The van der Waals surface area contributed by atoms with Crippen LogP contribution >= 0.6 is 23.4 Å². The molecule has 42 heavy (non-hydrogen) atoms. The highest BCUT2D eigenvalue weighted by Gasteiger charge is 2.46. The fourth-order valence-corrected chi connectivity index (χ4v) is 5.98. The smallest absolute Gasteiger partial charge is 0.416 e. The van der Waals surface area contributed by atoms with Gasteiger partial charge in [0, 0.05) is 10.4 Å². The maximum absolute atomic E-state index is 13.6. The molecule has 3 amide bonds. The monoisotopic (exact) mass is 620 g/mol. The first kappa shape index (κ1) is 30.0. The predicted molar refractivity (Wildman–Crippen MR) is 154 cm³/mol. The summed E-state index contributed by atoms with van der Waals surface area (Å²) in [7, 11) is 0. The largest absolute Gasteiger partial charge is 0.444 e. The van der Waals surface area contributed by atoms with Crippen molar-refractivity contribution in [3.63, 3.8) is 0 Å².